The van der Waals surface area contributed by atoms with Crippen LogP contribution in [0.5, 0.6) is 0 Å². The van der Waals surface area contributed by atoms with Gasteiger partial charge in [-0.2, -0.15) is 0 Å². The molecule has 0 bridgehead atoms. The number of nitrogens with zero attached hydrogens (tertiary/aromatic N) is 2. The molecule has 0 atom stereocenters. The Kier molecular flexibility index (Phi) is 2.91. The number of imidazole rings is 1. The van der Waals surface area contributed by atoms with Crippen molar-refractivity contribution in [3.63, 3.8) is 0 Å². The van der Waals surface area contributed by atoms with Gasteiger partial charge in [0.2, 0.25) is 0 Å². The second-order valence-electron chi connectivity index (χ2n) is 4.46. The number of nitrogens with one attached hydrogen (secondary N) is 1. The van der Waals surface area contributed by atoms with Crippen molar-refractivity contribution in [2.75, 3.05) is 5.32 Å². The maximum absolute atomic E-state index is 13.5. The van der Waals surface area contributed by atoms with Gasteiger partial charge in [-0.05, 0) is 31.2 Å². The molecule has 4 heteroatoms. The van der Waals surface area contributed by atoms with Gasteiger partial charge >= 0.3 is 0 Å². The normalized spacial score (nSPS) is 10.8. The van der Waals surface area contributed by atoms with Gasteiger partial charge in [-0.15, -0.1) is 0 Å². The quantitative estimate of drug-likeness (QED) is 0.777. The van der Waals surface area contributed by atoms with Crippen LogP contribution in [0.25, 0.3) is 5.65 Å². The molecule has 0 fully saturated rings. The molecule has 0 saturated carbocycles. The van der Waals surface area contributed by atoms with E-state index >= 15 is 0 Å². The summed E-state index contributed by atoms with van der Waals surface area (Å²) in [6, 6.07) is 12.6. The van der Waals surface area contributed by atoms with E-state index in [2.05, 4.69) is 10.3 Å². The number of anilines is 1. The molecule has 96 valence electrons. The van der Waals surface area contributed by atoms with Gasteiger partial charge < -0.3 is 9.72 Å². The van der Waals surface area contributed by atoms with Crippen LogP contribution >= 0.6 is 0 Å². The number of benzene rings is 1. The lowest BCUT2D eigenvalue weighted by Crippen LogP contribution is -2.01. The Hall–Kier alpha value is -2.36. The van der Waals surface area contributed by atoms with Gasteiger partial charge in [0.05, 0.1) is 17.9 Å². The zero-order valence-corrected chi connectivity index (χ0v) is 10.6. The summed E-state index contributed by atoms with van der Waals surface area (Å²) in [5, 5.41) is 3.06. The molecular weight excluding hydrogens is 241 g/mol. The Balaban J connectivity index is 1.83. The minimum atomic E-state index is -0.248. The SMILES string of the molecule is Cc1cccc2nc(CNc3ccccc3F)cn12. The van der Waals surface area contributed by atoms with Crippen LogP contribution in [-0.4, -0.2) is 9.38 Å². The van der Waals surface area contributed by atoms with Crippen LogP contribution < -0.4 is 5.32 Å². The van der Waals surface area contributed by atoms with Crippen LogP contribution in [0.3, 0.4) is 0 Å². The number of aryl methyl sites for hydroxylation is 1. The number of fused-ring (bicyclic) bond motifs is 1. The van der Waals surface area contributed by atoms with Gasteiger partial charge in [0.15, 0.2) is 0 Å². The van der Waals surface area contributed by atoms with Crippen molar-refractivity contribution in [2.45, 2.75) is 13.5 Å². The molecule has 3 nitrogen and oxygen atoms in total. The molecule has 0 saturated heterocycles. The van der Waals surface area contributed by atoms with Crippen LogP contribution in [0.2, 0.25) is 0 Å². The van der Waals surface area contributed by atoms with Crippen LogP contribution in [0.1, 0.15) is 11.4 Å². The average Bonchev–Trinajstić information content (AvgIpc) is 2.82. The molecule has 3 rings (SSSR count). The van der Waals surface area contributed by atoms with E-state index in [1.54, 1.807) is 18.2 Å². The predicted molar refractivity (Wildman–Crippen MR) is 73.7 cm³/mol. The maximum Gasteiger partial charge on any atom is 0.146 e. The number of rotatable bonds is 3. The van der Waals surface area contributed by atoms with E-state index in [1.165, 1.54) is 6.07 Å². The summed E-state index contributed by atoms with van der Waals surface area (Å²) in [7, 11) is 0. The first-order valence-corrected chi connectivity index (χ1v) is 6.16. The van der Waals surface area contributed by atoms with E-state index in [0.29, 0.717) is 12.2 Å². The maximum atomic E-state index is 13.5. The number of para-hydroxylation sites is 1. The average molecular weight is 255 g/mol. The smallest absolute Gasteiger partial charge is 0.146 e. The number of hydrogen-bond acceptors (Lipinski definition) is 2. The van der Waals surface area contributed by atoms with Crippen LogP contribution in [0.15, 0.2) is 48.7 Å². The predicted octanol–water partition coefficient (Wildman–Crippen LogP) is 3.39. The highest BCUT2D eigenvalue weighted by Gasteiger charge is 2.04. The highest BCUT2D eigenvalue weighted by molar-refractivity contribution is 5.46. The molecule has 0 aliphatic heterocycles. The fraction of sp³-hybridized carbons (Fsp3) is 0.133. The fourth-order valence-electron chi connectivity index (χ4n) is 2.07. The van der Waals surface area contributed by atoms with Crippen molar-refractivity contribution < 1.29 is 4.39 Å². The number of hydrogen-bond donors (Lipinski definition) is 1. The van der Waals surface area contributed by atoms with Crippen LogP contribution in [0, 0.1) is 12.7 Å². The highest BCUT2D eigenvalue weighted by Crippen LogP contribution is 2.14. The topological polar surface area (TPSA) is 29.3 Å². The first-order valence-electron chi connectivity index (χ1n) is 6.16. The Labute approximate surface area is 110 Å². The van der Waals surface area contributed by atoms with Crippen molar-refractivity contribution in [3.8, 4) is 0 Å². The minimum absolute atomic E-state index is 0.248. The summed E-state index contributed by atoms with van der Waals surface area (Å²) in [6.45, 7) is 2.53. The Morgan fingerprint density at radius 3 is 2.79 bits per heavy atom. The molecular formula is C15H14FN3. The van der Waals surface area contributed by atoms with Gasteiger partial charge in [0, 0.05) is 11.9 Å². The molecule has 2 aromatic heterocycles. The third-order valence-corrected chi connectivity index (χ3v) is 3.08. The summed E-state index contributed by atoms with van der Waals surface area (Å²) in [4.78, 5) is 4.50. The van der Waals surface area contributed by atoms with E-state index in [1.807, 2.05) is 35.7 Å². The second kappa shape index (κ2) is 4.72. The number of aromatic nitrogens is 2. The summed E-state index contributed by atoms with van der Waals surface area (Å²) >= 11 is 0. The second-order valence-corrected chi connectivity index (χ2v) is 4.46. The molecule has 1 N–H and O–H groups in total. The molecule has 0 radical (unpaired) electrons. The molecule has 0 aliphatic rings. The lowest BCUT2D eigenvalue weighted by Gasteiger charge is -2.04. The first kappa shape index (κ1) is 11.7. The van der Waals surface area contributed by atoms with E-state index in [4.69, 9.17) is 0 Å². The lowest BCUT2D eigenvalue weighted by atomic mass is 10.3. The molecule has 0 amide bonds. The van der Waals surface area contributed by atoms with E-state index < -0.39 is 0 Å². The highest BCUT2D eigenvalue weighted by atomic mass is 19.1. The third-order valence-electron chi connectivity index (χ3n) is 3.08. The summed E-state index contributed by atoms with van der Waals surface area (Å²) < 4.78 is 15.5. The van der Waals surface area contributed by atoms with Crippen molar-refractivity contribution in [3.05, 3.63) is 65.9 Å². The third kappa shape index (κ3) is 2.29. The van der Waals surface area contributed by atoms with Gasteiger partial charge in [-0.1, -0.05) is 18.2 Å². The molecule has 19 heavy (non-hydrogen) atoms. The van der Waals surface area contributed by atoms with Crippen LogP contribution in [0.4, 0.5) is 10.1 Å². The fourth-order valence-corrected chi connectivity index (χ4v) is 2.07. The standard InChI is InChI=1S/C15H14FN3/c1-11-5-4-8-15-18-12(10-19(11)15)9-17-14-7-3-2-6-13(14)16/h2-8,10,17H,9H2,1H3. The molecule has 0 spiro atoms. The zero-order valence-electron chi connectivity index (χ0n) is 10.6. The number of pyridine rings is 1. The molecule has 1 aromatic carbocycles. The first-order chi connectivity index (χ1) is 9.24. The monoisotopic (exact) mass is 255 g/mol. The molecule has 2 heterocycles. The molecule has 0 aliphatic carbocycles. The van der Waals surface area contributed by atoms with Gasteiger partial charge in [0.1, 0.15) is 11.5 Å². The lowest BCUT2D eigenvalue weighted by molar-refractivity contribution is 0.630. The van der Waals surface area contributed by atoms with E-state index in [-0.39, 0.29) is 5.82 Å². The Morgan fingerprint density at radius 2 is 2.00 bits per heavy atom. The van der Waals surface area contributed by atoms with Crippen LogP contribution in [-0.2, 0) is 6.54 Å². The van der Waals surface area contributed by atoms with Gasteiger partial charge in [0.25, 0.3) is 0 Å². The Bertz CT molecular complexity index is 718. The minimum Gasteiger partial charge on any atom is -0.377 e. The zero-order chi connectivity index (χ0) is 13.2. The van der Waals surface area contributed by atoms with E-state index in [9.17, 15) is 4.39 Å². The van der Waals surface area contributed by atoms with Crippen molar-refractivity contribution in [2.24, 2.45) is 0 Å². The number of halogens is 1. The molecule has 0 unspecified atom stereocenters. The largest absolute Gasteiger partial charge is 0.377 e. The summed E-state index contributed by atoms with van der Waals surface area (Å²) in [5.74, 6) is -0.248. The molecule has 3 aromatic rings. The van der Waals surface area contributed by atoms with Crippen molar-refractivity contribution in [1.29, 1.82) is 0 Å². The van der Waals surface area contributed by atoms with E-state index in [0.717, 1.165) is 17.0 Å². The van der Waals surface area contributed by atoms with Gasteiger partial charge in [-0.25, -0.2) is 9.37 Å². The summed E-state index contributed by atoms with van der Waals surface area (Å²) in [6.07, 6.45) is 1.97. The van der Waals surface area contributed by atoms with Gasteiger partial charge in [-0.3, -0.25) is 0 Å². The summed E-state index contributed by atoms with van der Waals surface area (Å²) in [5.41, 5.74) is 3.42. The van der Waals surface area contributed by atoms with Crippen molar-refractivity contribution in [1.82, 2.24) is 9.38 Å². The Morgan fingerprint density at radius 1 is 1.16 bits per heavy atom. The van der Waals surface area contributed by atoms with Crippen molar-refractivity contribution >= 4 is 11.3 Å².